The molecule has 2 N–H and O–H groups in total. The third-order valence-electron chi connectivity index (χ3n) is 7.47. The Labute approximate surface area is 260 Å². The molecule has 0 fully saturated rings. The van der Waals surface area contributed by atoms with Gasteiger partial charge in [0.05, 0.1) is 22.5 Å². The van der Waals surface area contributed by atoms with Crippen LogP contribution in [0.3, 0.4) is 0 Å². The van der Waals surface area contributed by atoms with E-state index in [0.717, 1.165) is 16.7 Å². The van der Waals surface area contributed by atoms with Crippen molar-refractivity contribution in [3.63, 3.8) is 0 Å². The molecule has 0 aliphatic carbocycles. The van der Waals surface area contributed by atoms with Gasteiger partial charge in [0.15, 0.2) is 5.82 Å². The number of benzene rings is 3. The Hall–Kier alpha value is -5.69. The van der Waals surface area contributed by atoms with E-state index in [1.807, 2.05) is 25.4 Å². The van der Waals surface area contributed by atoms with Crippen molar-refractivity contribution in [2.75, 3.05) is 11.9 Å². The summed E-state index contributed by atoms with van der Waals surface area (Å²) in [6.07, 6.45) is 7.79. The van der Waals surface area contributed by atoms with E-state index in [0.29, 0.717) is 17.7 Å². The first-order chi connectivity index (χ1) is 21.7. The van der Waals surface area contributed by atoms with Crippen LogP contribution in [0.5, 0.6) is 0 Å². The second kappa shape index (κ2) is 12.1. The summed E-state index contributed by atoms with van der Waals surface area (Å²) < 4.78 is 18.1. The highest BCUT2D eigenvalue weighted by Gasteiger charge is 2.36. The molecule has 1 aliphatic rings. The van der Waals surface area contributed by atoms with Gasteiger partial charge in [0.25, 0.3) is 5.91 Å². The third kappa shape index (κ3) is 5.80. The average Bonchev–Trinajstić information content (AvgIpc) is 3.73. The number of amides is 2. The number of aromatic carboxylic acids is 1. The van der Waals surface area contributed by atoms with Gasteiger partial charge in [-0.2, -0.15) is 9.78 Å². The summed E-state index contributed by atoms with van der Waals surface area (Å²) in [5, 5.41) is 27.2. The lowest BCUT2D eigenvalue weighted by atomic mass is 9.86. The Morgan fingerprint density at radius 1 is 1.11 bits per heavy atom. The fraction of sp³-hybridized carbons (Fsp3) is 0.129. The van der Waals surface area contributed by atoms with E-state index in [1.165, 1.54) is 64.5 Å². The van der Waals surface area contributed by atoms with Gasteiger partial charge in [0.2, 0.25) is 5.91 Å². The summed E-state index contributed by atoms with van der Waals surface area (Å²) >= 11 is 6.05. The van der Waals surface area contributed by atoms with Crippen molar-refractivity contribution < 1.29 is 23.9 Å². The fourth-order valence-corrected chi connectivity index (χ4v) is 5.53. The van der Waals surface area contributed by atoms with Crippen molar-refractivity contribution in [1.29, 1.82) is 0 Å². The molecule has 5 aromatic rings. The molecule has 0 radical (unpaired) electrons. The van der Waals surface area contributed by atoms with Crippen LogP contribution in [-0.4, -0.2) is 64.3 Å². The van der Waals surface area contributed by atoms with Crippen LogP contribution in [0.15, 0.2) is 79.4 Å². The molecular formula is C31H24ClFN8O4. The Morgan fingerprint density at radius 2 is 1.91 bits per heavy atom. The summed E-state index contributed by atoms with van der Waals surface area (Å²) in [6, 6.07) is 13.1. The van der Waals surface area contributed by atoms with Crippen molar-refractivity contribution in [2.24, 2.45) is 7.05 Å². The maximum absolute atomic E-state index is 15.2. The predicted molar refractivity (Wildman–Crippen MR) is 162 cm³/mol. The lowest BCUT2D eigenvalue weighted by molar-refractivity contribution is -0.135. The van der Waals surface area contributed by atoms with E-state index in [2.05, 4.69) is 25.9 Å². The molecule has 45 heavy (non-hydrogen) atoms. The maximum Gasteiger partial charge on any atom is 0.335 e. The molecule has 0 saturated heterocycles. The standard InChI is InChI=1S/C31H24ClFN8O4/c1-39-16-19(15-35-39)21-3-2-4-23-22(21)13-14-40(29(23)30(43)36-20-7-5-18(6-8-20)31(44)45)27(42)12-9-24-26(41-17-34-37-38-41)11-10-25(32)28(24)33/h2-12,15-17,29H,13-14H2,1H3,(H,36,43)(H,44,45). The van der Waals surface area contributed by atoms with Crippen LogP contribution < -0.4 is 5.32 Å². The molecule has 0 bridgehead atoms. The average molecular weight is 627 g/mol. The smallest absolute Gasteiger partial charge is 0.335 e. The fourth-order valence-electron chi connectivity index (χ4n) is 5.36. The van der Waals surface area contributed by atoms with Gasteiger partial charge in [-0.25, -0.2) is 9.18 Å². The SMILES string of the molecule is Cn1cc(-c2cccc3c2CCN(C(=O)C=Cc2c(-n4cnnn4)ccc(Cl)c2F)C3C(=O)Nc2ccc(C(=O)O)cc2)cn1. The highest BCUT2D eigenvalue weighted by Crippen LogP contribution is 2.37. The van der Waals surface area contributed by atoms with E-state index in [4.69, 9.17) is 11.6 Å². The minimum atomic E-state index is -1.10. The first-order valence-corrected chi connectivity index (χ1v) is 14.0. The van der Waals surface area contributed by atoms with E-state index in [-0.39, 0.29) is 28.4 Å². The topological polar surface area (TPSA) is 148 Å². The molecule has 0 saturated carbocycles. The number of aryl methyl sites for hydroxylation is 1. The summed E-state index contributed by atoms with van der Waals surface area (Å²) in [5.74, 6) is -2.92. The molecule has 1 atom stereocenters. The molecule has 1 unspecified atom stereocenters. The van der Waals surface area contributed by atoms with Gasteiger partial charge in [-0.15, -0.1) is 5.10 Å². The van der Waals surface area contributed by atoms with Crippen molar-refractivity contribution >= 4 is 41.1 Å². The van der Waals surface area contributed by atoms with Crippen LogP contribution in [-0.2, 0) is 23.1 Å². The quantitative estimate of drug-likeness (QED) is 0.254. The number of halogens is 2. The molecule has 0 spiro atoms. The summed E-state index contributed by atoms with van der Waals surface area (Å²) in [6.45, 7) is 0.182. The number of hydrogen-bond donors (Lipinski definition) is 2. The van der Waals surface area contributed by atoms with Crippen molar-refractivity contribution in [1.82, 2.24) is 34.9 Å². The normalized spacial score (nSPS) is 14.4. The van der Waals surface area contributed by atoms with Crippen molar-refractivity contribution in [3.8, 4) is 16.8 Å². The molecule has 12 nitrogen and oxygen atoms in total. The van der Waals surface area contributed by atoms with E-state index >= 15 is 4.39 Å². The monoisotopic (exact) mass is 626 g/mol. The number of carbonyl (C=O) groups is 3. The number of nitrogens with zero attached hydrogens (tertiary/aromatic N) is 7. The lowest BCUT2D eigenvalue weighted by Crippen LogP contribution is -2.45. The number of carbonyl (C=O) groups excluding carboxylic acids is 2. The summed E-state index contributed by atoms with van der Waals surface area (Å²) in [5.41, 5.74) is 3.93. The zero-order valence-electron chi connectivity index (χ0n) is 23.6. The Morgan fingerprint density at radius 3 is 2.60 bits per heavy atom. The van der Waals surface area contributed by atoms with E-state index < -0.39 is 29.6 Å². The summed E-state index contributed by atoms with van der Waals surface area (Å²) in [7, 11) is 1.81. The van der Waals surface area contributed by atoms with Crippen LogP contribution in [0.1, 0.15) is 33.1 Å². The van der Waals surface area contributed by atoms with Gasteiger partial charge in [0, 0.05) is 42.7 Å². The molecule has 2 aromatic heterocycles. The van der Waals surface area contributed by atoms with Crippen LogP contribution >= 0.6 is 11.6 Å². The minimum Gasteiger partial charge on any atom is -0.478 e. The number of hydrogen-bond acceptors (Lipinski definition) is 7. The van der Waals surface area contributed by atoms with Gasteiger partial charge >= 0.3 is 5.97 Å². The Bertz CT molecular complexity index is 1960. The van der Waals surface area contributed by atoms with Crippen molar-refractivity contribution in [2.45, 2.75) is 12.5 Å². The molecular weight excluding hydrogens is 603 g/mol. The molecule has 14 heteroatoms. The van der Waals surface area contributed by atoms with Crippen LogP contribution in [0, 0.1) is 5.82 Å². The second-order valence-electron chi connectivity index (χ2n) is 10.2. The number of carboxylic acid groups (broad SMARTS) is 1. The third-order valence-corrected chi connectivity index (χ3v) is 7.76. The van der Waals surface area contributed by atoms with Crippen LogP contribution in [0.4, 0.5) is 10.1 Å². The number of aromatic nitrogens is 6. The zero-order valence-corrected chi connectivity index (χ0v) is 24.4. The van der Waals surface area contributed by atoms with E-state index in [9.17, 15) is 19.5 Å². The number of rotatable bonds is 7. The van der Waals surface area contributed by atoms with Crippen molar-refractivity contribution in [3.05, 3.63) is 112 Å². The van der Waals surface area contributed by atoms with Gasteiger partial charge < -0.3 is 15.3 Å². The van der Waals surface area contributed by atoms with Gasteiger partial charge in [-0.05, 0) is 76.0 Å². The highest BCUT2D eigenvalue weighted by molar-refractivity contribution is 6.31. The molecule has 226 valence electrons. The molecule has 3 heterocycles. The zero-order chi connectivity index (χ0) is 31.7. The molecule has 1 aliphatic heterocycles. The number of fused-ring (bicyclic) bond motifs is 1. The number of tetrazole rings is 1. The maximum atomic E-state index is 15.2. The molecule has 3 aromatic carbocycles. The number of carboxylic acids is 1. The van der Waals surface area contributed by atoms with E-state index in [1.54, 1.807) is 16.9 Å². The summed E-state index contributed by atoms with van der Waals surface area (Å²) in [4.78, 5) is 40.4. The first-order valence-electron chi connectivity index (χ1n) is 13.7. The largest absolute Gasteiger partial charge is 0.478 e. The lowest BCUT2D eigenvalue weighted by Gasteiger charge is -2.36. The molecule has 6 rings (SSSR count). The first kappa shape index (κ1) is 29.4. The van der Waals surface area contributed by atoms with Gasteiger partial charge in [-0.3, -0.25) is 14.3 Å². The second-order valence-corrected chi connectivity index (χ2v) is 10.6. The number of nitrogens with one attached hydrogen (secondary N) is 1. The highest BCUT2D eigenvalue weighted by atomic mass is 35.5. The van der Waals surface area contributed by atoms with Crippen LogP contribution in [0.2, 0.25) is 5.02 Å². The molecule has 2 amide bonds. The number of anilines is 1. The Balaban J connectivity index is 1.38. The minimum absolute atomic E-state index is 0.0149. The van der Waals surface area contributed by atoms with Gasteiger partial charge in [-0.1, -0.05) is 29.8 Å². The van der Waals surface area contributed by atoms with Gasteiger partial charge in [0.1, 0.15) is 12.4 Å². The van der Waals surface area contributed by atoms with Crippen LogP contribution in [0.25, 0.3) is 22.9 Å². The predicted octanol–water partition coefficient (Wildman–Crippen LogP) is 4.33. The Kier molecular flexibility index (Phi) is 7.92.